The molecule has 1 aromatic heterocycles. The summed E-state index contributed by atoms with van der Waals surface area (Å²) >= 11 is 6.42. The maximum absolute atomic E-state index is 15.9. The Balaban J connectivity index is 1.63. The molecule has 1 aliphatic heterocycles. The quantitative estimate of drug-likeness (QED) is 0.381. The Morgan fingerprint density at radius 1 is 1.11 bits per heavy atom. The van der Waals surface area contributed by atoms with Gasteiger partial charge < -0.3 is 14.9 Å². The molecule has 0 saturated carbocycles. The number of benzene rings is 3. The molecule has 7 nitrogen and oxygen atoms in total. The molecule has 1 amide bonds. The summed E-state index contributed by atoms with van der Waals surface area (Å²) in [6.07, 6.45) is -2.26. The van der Waals surface area contributed by atoms with E-state index in [9.17, 15) is 14.3 Å². The van der Waals surface area contributed by atoms with Crippen molar-refractivity contribution in [3.63, 3.8) is 0 Å². The van der Waals surface area contributed by atoms with E-state index in [1.807, 2.05) is 24.3 Å². The van der Waals surface area contributed by atoms with Gasteiger partial charge in [-0.15, -0.1) is 0 Å². The number of amides is 1. The minimum absolute atomic E-state index is 0.0331. The number of piperazine rings is 1. The molecule has 0 radical (unpaired) electrons. The molecule has 1 N–H and O–H groups in total. The monoisotopic (exact) mass is 493 g/mol. The number of nitrogens with zero attached hydrogens (tertiary/aromatic N) is 5. The van der Waals surface area contributed by atoms with Gasteiger partial charge in [0.2, 0.25) is 0 Å². The minimum Gasteiger partial charge on any atom is -0.465 e. The third kappa shape index (κ3) is 3.96. The van der Waals surface area contributed by atoms with Crippen LogP contribution in [0.4, 0.5) is 19.4 Å². The molecule has 176 valence electrons. The summed E-state index contributed by atoms with van der Waals surface area (Å²) in [5.74, 6) is -0.558. The van der Waals surface area contributed by atoms with Crippen LogP contribution in [0.1, 0.15) is 6.42 Å². The van der Waals surface area contributed by atoms with Crippen LogP contribution in [0.5, 0.6) is 0 Å². The summed E-state index contributed by atoms with van der Waals surface area (Å²) < 4.78 is 30.4. The van der Waals surface area contributed by atoms with Gasteiger partial charge in [-0.05, 0) is 23.1 Å². The zero-order valence-corrected chi connectivity index (χ0v) is 19.0. The van der Waals surface area contributed by atoms with Crippen molar-refractivity contribution in [1.29, 1.82) is 5.26 Å². The van der Waals surface area contributed by atoms with Gasteiger partial charge in [-0.3, -0.25) is 0 Å². The second-order valence-corrected chi connectivity index (χ2v) is 8.63. The number of hydrogen-bond acceptors (Lipinski definition) is 5. The second-order valence-electron chi connectivity index (χ2n) is 8.22. The Morgan fingerprint density at radius 2 is 1.89 bits per heavy atom. The summed E-state index contributed by atoms with van der Waals surface area (Å²) in [7, 11) is 0. The lowest BCUT2D eigenvalue weighted by atomic mass is 9.96. The average molecular weight is 494 g/mol. The molecule has 4 aromatic rings. The predicted molar refractivity (Wildman–Crippen MR) is 128 cm³/mol. The predicted octanol–water partition coefficient (Wildman–Crippen LogP) is 5.46. The zero-order valence-electron chi connectivity index (χ0n) is 18.3. The third-order valence-corrected chi connectivity index (χ3v) is 6.57. The van der Waals surface area contributed by atoms with Crippen LogP contribution in [-0.2, 0) is 0 Å². The fourth-order valence-corrected chi connectivity index (χ4v) is 4.95. The molecule has 5 rings (SSSR count). The maximum atomic E-state index is 15.9. The number of fused-ring (bicyclic) bond motifs is 2. The molecule has 1 saturated heterocycles. The molecule has 10 heteroatoms. The largest absolute Gasteiger partial charge is 0.465 e. The van der Waals surface area contributed by atoms with Crippen LogP contribution >= 0.6 is 11.6 Å². The van der Waals surface area contributed by atoms with Crippen molar-refractivity contribution in [2.45, 2.75) is 12.5 Å². The van der Waals surface area contributed by atoms with Crippen molar-refractivity contribution < 1.29 is 18.7 Å². The van der Waals surface area contributed by atoms with Gasteiger partial charge in [0.1, 0.15) is 11.3 Å². The molecular weight excluding hydrogens is 476 g/mol. The van der Waals surface area contributed by atoms with Gasteiger partial charge in [0.05, 0.1) is 18.5 Å². The van der Waals surface area contributed by atoms with E-state index in [1.54, 1.807) is 35.2 Å². The Bertz CT molecular complexity index is 1520. The highest BCUT2D eigenvalue weighted by Crippen LogP contribution is 2.38. The molecule has 2 heterocycles. The van der Waals surface area contributed by atoms with Crippen LogP contribution in [0.2, 0.25) is 5.02 Å². The lowest BCUT2D eigenvalue weighted by molar-refractivity contribution is 0.119. The van der Waals surface area contributed by atoms with Crippen LogP contribution in [0.15, 0.2) is 48.5 Å². The van der Waals surface area contributed by atoms with Crippen LogP contribution in [0.3, 0.4) is 0 Å². The fraction of sp³-hybridized carbons (Fsp3) is 0.200. The van der Waals surface area contributed by atoms with Crippen molar-refractivity contribution >= 4 is 45.2 Å². The van der Waals surface area contributed by atoms with Gasteiger partial charge in [0.15, 0.2) is 5.82 Å². The van der Waals surface area contributed by atoms with E-state index in [0.29, 0.717) is 21.4 Å². The summed E-state index contributed by atoms with van der Waals surface area (Å²) in [5, 5.41) is 20.8. The van der Waals surface area contributed by atoms with E-state index in [1.165, 1.54) is 4.90 Å². The van der Waals surface area contributed by atoms with E-state index < -0.39 is 24.0 Å². The Hall–Kier alpha value is -4.03. The lowest BCUT2D eigenvalue weighted by Crippen LogP contribution is -2.55. The number of nitriles is 1. The van der Waals surface area contributed by atoms with Crippen molar-refractivity contribution in [3.8, 4) is 17.2 Å². The normalized spacial score (nSPS) is 16.0. The van der Waals surface area contributed by atoms with Crippen LogP contribution in [0, 0.1) is 23.2 Å². The number of aromatic nitrogens is 2. The lowest BCUT2D eigenvalue weighted by Gasteiger charge is -2.39. The van der Waals surface area contributed by atoms with E-state index >= 15 is 4.39 Å². The molecule has 1 unspecified atom stereocenters. The molecule has 35 heavy (non-hydrogen) atoms. The summed E-state index contributed by atoms with van der Waals surface area (Å²) in [6, 6.07) is 15.4. The maximum Gasteiger partial charge on any atom is 0.407 e. The van der Waals surface area contributed by atoms with Gasteiger partial charge in [0.25, 0.3) is 0 Å². The van der Waals surface area contributed by atoms with Gasteiger partial charge >= 0.3 is 12.2 Å². The summed E-state index contributed by atoms with van der Waals surface area (Å²) in [4.78, 5) is 22.0. The number of anilines is 1. The molecular formula is C25H18ClF2N5O2. The molecule has 0 spiro atoms. The minimum atomic E-state index is -1.13. The second kappa shape index (κ2) is 8.96. The highest BCUT2D eigenvalue weighted by molar-refractivity contribution is 6.36. The van der Waals surface area contributed by atoms with Crippen LogP contribution in [-0.4, -0.2) is 51.7 Å². The van der Waals surface area contributed by atoms with Crippen molar-refractivity contribution in [2.75, 3.05) is 24.5 Å². The van der Waals surface area contributed by atoms with Gasteiger partial charge in [0, 0.05) is 41.0 Å². The molecule has 1 fully saturated rings. The Morgan fingerprint density at radius 3 is 2.63 bits per heavy atom. The SMILES string of the molecule is N#CCC1CN(c2nc(F)nc3c(F)c(-c4cccc5cccc(Cl)c45)ccc23)CCN1C(=O)O. The Labute approximate surface area is 203 Å². The van der Waals surface area contributed by atoms with Gasteiger partial charge in [-0.1, -0.05) is 48.0 Å². The first-order chi connectivity index (χ1) is 16.9. The van der Waals surface area contributed by atoms with Crippen molar-refractivity contribution in [1.82, 2.24) is 14.9 Å². The van der Waals surface area contributed by atoms with E-state index in [2.05, 4.69) is 9.97 Å². The standard InChI is InChI=1S/C25H18ClF2N5O2/c26-19-6-2-4-14-3-1-5-16(20(14)19)17-7-8-18-22(21(17)27)30-24(28)31-23(18)32-11-12-33(25(34)35)15(13-32)9-10-29/h1-8,15H,9,11-13H2,(H,34,35). The number of halogens is 3. The third-order valence-electron chi connectivity index (χ3n) is 6.26. The fourth-order valence-electron chi connectivity index (χ4n) is 4.67. The van der Waals surface area contributed by atoms with Gasteiger partial charge in [-0.2, -0.15) is 19.6 Å². The van der Waals surface area contributed by atoms with Crippen LogP contribution < -0.4 is 4.90 Å². The zero-order chi connectivity index (χ0) is 24.7. The summed E-state index contributed by atoms with van der Waals surface area (Å²) in [5.41, 5.74) is 0.585. The average Bonchev–Trinajstić information content (AvgIpc) is 2.84. The van der Waals surface area contributed by atoms with E-state index in [-0.39, 0.29) is 43.0 Å². The van der Waals surface area contributed by atoms with Gasteiger partial charge in [-0.25, -0.2) is 9.18 Å². The van der Waals surface area contributed by atoms with Crippen LogP contribution in [0.25, 0.3) is 32.8 Å². The highest BCUT2D eigenvalue weighted by atomic mass is 35.5. The van der Waals surface area contributed by atoms with Crippen molar-refractivity contribution in [3.05, 3.63) is 65.4 Å². The van der Waals surface area contributed by atoms with E-state index in [4.69, 9.17) is 16.9 Å². The molecule has 3 aromatic carbocycles. The highest BCUT2D eigenvalue weighted by Gasteiger charge is 2.32. The first-order valence-corrected chi connectivity index (χ1v) is 11.2. The first-order valence-electron chi connectivity index (χ1n) is 10.8. The molecule has 1 aliphatic rings. The number of hydrogen-bond donors (Lipinski definition) is 1. The number of carbonyl (C=O) groups is 1. The smallest absolute Gasteiger partial charge is 0.407 e. The summed E-state index contributed by atoms with van der Waals surface area (Å²) in [6.45, 7) is 0.430. The topological polar surface area (TPSA) is 93.4 Å². The molecule has 1 atom stereocenters. The molecule has 0 bridgehead atoms. The number of rotatable bonds is 3. The van der Waals surface area contributed by atoms with Crippen molar-refractivity contribution in [2.24, 2.45) is 0 Å². The molecule has 0 aliphatic carbocycles. The van der Waals surface area contributed by atoms with E-state index in [0.717, 1.165) is 5.39 Å². The first kappa shape index (κ1) is 22.7. The Kier molecular flexibility index (Phi) is 5.83. The number of carboxylic acid groups (broad SMARTS) is 1.